The second kappa shape index (κ2) is 5.97. The summed E-state index contributed by atoms with van der Waals surface area (Å²) < 4.78 is 23.2. The lowest BCUT2D eigenvalue weighted by Gasteiger charge is -2.33. The van der Waals surface area contributed by atoms with Crippen molar-refractivity contribution in [2.75, 3.05) is 5.32 Å². The van der Waals surface area contributed by atoms with E-state index in [2.05, 4.69) is 19.2 Å². The number of rotatable bonds is 3. The molecule has 4 nitrogen and oxygen atoms in total. The molecule has 1 aliphatic carbocycles. The summed E-state index contributed by atoms with van der Waals surface area (Å²) in [4.78, 5) is 0.185. The van der Waals surface area contributed by atoms with Crippen LogP contribution in [0.15, 0.2) is 17.0 Å². The molecule has 0 amide bonds. The van der Waals surface area contributed by atoms with Crippen LogP contribution in [0.25, 0.3) is 0 Å². The number of nitrogens with two attached hydrogens (primary N) is 1. The number of primary sulfonamides is 1. The number of hydrogen-bond acceptors (Lipinski definition) is 3. The molecule has 5 heteroatoms. The first-order chi connectivity index (χ1) is 9.66. The molecule has 0 aromatic heterocycles. The molecule has 3 N–H and O–H groups in total. The van der Waals surface area contributed by atoms with Gasteiger partial charge in [-0.3, -0.25) is 0 Å². The summed E-state index contributed by atoms with van der Waals surface area (Å²) in [5.41, 5.74) is 2.93. The van der Waals surface area contributed by atoms with Crippen molar-refractivity contribution in [2.45, 2.75) is 57.9 Å². The number of benzene rings is 1. The molecule has 21 heavy (non-hydrogen) atoms. The molecule has 1 aliphatic rings. The van der Waals surface area contributed by atoms with Gasteiger partial charge in [-0.25, -0.2) is 13.6 Å². The highest BCUT2D eigenvalue weighted by molar-refractivity contribution is 7.89. The third-order valence-electron chi connectivity index (χ3n) is 4.51. The van der Waals surface area contributed by atoms with E-state index in [0.29, 0.717) is 17.9 Å². The predicted molar refractivity (Wildman–Crippen MR) is 86.9 cm³/mol. The number of aryl methyl sites for hydroxylation is 1. The lowest BCUT2D eigenvalue weighted by Crippen LogP contribution is -2.30. The fourth-order valence-corrected chi connectivity index (χ4v) is 4.05. The zero-order chi connectivity index (χ0) is 15.8. The maximum Gasteiger partial charge on any atom is 0.238 e. The summed E-state index contributed by atoms with van der Waals surface area (Å²) in [6, 6.07) is 3.71. The fourth-order valence-electron chi connectivity index (χ4n) is 3.43. The van der Waals surface area contributed by atoms with Crippen molar-refractivity contribution in [2.24, 2.45) is 17.0 Å². The van der Waals surface area contributed by atoms with Crippen molar-refractivity contribution in [3.8, 4) is 0 Å². The van der Waals surface area contributed by atoms with Crippen molar-refractivity contribution in [3.05, 3.63) is 23.3 Å². The quantitative estimate of drug-likeness (QED) is 0.900. The van der Waals surface area contributed by atoms with Gasteiger partial charge in [-0.05, 0) is 68.2 Å². The summed E-state index contributed by atoms with van der Waals surface area (Å²) in [6.07, 6.45) is 3.53. The van der Waals surface area contributed by atoms with Gasteiger partial charge >= 0.3 is 0 Å². The maximum absolute atomic E-state index is 11.6. The molecule has 118 valence electrons. The summed E-state index contributed by atoms with van der Waals surface area (Å²) in [5.74, 6) is 1.41. The normalized spacial score (nSPS) is 26.6. The molecule has 0 spiro atoms. The number of sulfonamides is 1. The van der Waals surface area contributed by atoms with Crippen molar-refractivity contribution in [1.29, 1.82) is 0 Å². The molecule has 0 aliphatic heterocycles. The second-order valence-corrected chi connectivity index (χ2v) is 8.28. The van der Waals surface area contributed by atoms with Gasteiger partial charge in [0.2, 0.25) is 10.0 Å². The number of anilines is 1. The Kier molecular flexibility index (Phi) is 4.63. The minimum Gasteiger partial charge on any atom is -0.382 e. The number of nitrogens with one attached hydrogen (secondary N) is 1. The van der Waals surface area contributed by atoms with E-state index in [1.54, 1.807) is 12.1 Å². The summed E-state index contributed by atoms with van der Waals surface area (Å²) in [7, 11) is -3.67. The Morgan fingerprint density at radius 3 is 2.19 bits per heavy atom. The molecule has 2 unspecified atom stereocenters. The van der Waals surface area contributed by atoms with E-state index < -0.39 is 10.0 Å². The maximum atomic E-state index is 11.6. The van der Waals surface area contributed by atoms with E-state index in [0.717, 1.165) is 29.7 Å². The molecular formula is C16H26N2O2S. The Hall–Kier alpha value is -1.07. The molecule has 2 atom stereocenters. The first-order valence-electron chi connectivity index (χ1n) is 7.57. The highest BCUT2D eigenvalue weighted by Crippen LogP contribution is 2.32. The molecule has 1 fully saturated rings. The predicted octanol–water partition coefficient (Wildman–Crippen LogP) is 3.19. The van der Waals surface area contributed by atoms with Gasteiger partial charge in [-0.15, -0.1) is 0 Å². The monoisotopic (exact) mass is 310 g/mol. The molecule has 0 saturated heterocycles. The van der Waals surface area contributed by atoms with Gasteiger partial charge in [-0.1, -0.05) is 13.8 Å². The van der Waals surface area contributed by atoms with Gasteiger partial charge in [0, 0.05) is 11.7 Å². The van der Waals surface area contributed by atoms with Crippen molar-refractivity contribution < 1.29 is 8.42 Å². The van der Waals surface area contributed by atoms with E-state index in [1.807, 2.05) is 13.8 Å². The van der Waals surface area contributed by atoms with Crippen LogP contribution < -0.4 is 10.5 Å². The molecule has 0 bridgehead atoms. The summed E-state index contributed by atoms with van der Waals surface area (Å²) in [5, 5.41) is 8.81. The highest BCUT2D eigenvalue weighted by atomic mass is 32.2. The average molecular weight is 310 g/mol. The smallest absolute Gasteiger partial charge is 0.238 e. The second-order valence-electron chi connectivity index (χ2n) is 6.72. The van der Waals surface area contributed by atoms with E-state index >= 15 is 0 Å². The molecule has 0 radical (unpaired) electrons. The van der Waals surface area contributed by atoms with E-state index in [-0.39, 0.29) is 4.90 Å². The van der Waals surface area contributed by atoms with E-state index in [4.69, 9.17) is 5.14 Å². The van der Waals surface area contributed by atoms with Crippen LogP contribution in [0, 0.1) is 25.7 Å². The van der Waals surface area contributed by atoms with E-state index in [9.17, 15) is 8.42 Å². The van der Waals surface area contributed by atoms with Crippen LogP contribution in [-0.4, -0.2) is 14.5 Å². The first-order valence-corrected chi connectivity index (χ1v) is 9.12. The average Bonchev–Trinajstić information content (AvgIpc) is 2.32. The molecule has 1 aromatic rings. The van der Waals surface area contributed by atoms with Crippen LogP contribution in [-0.2, 0) is 10.0 Å². The van der Waals surface area contributed by atoms with Crippen LogP contribution in [0.3, 0.4) is 0 Å². The minimum absolute atomic E-state index is 0.185. The van der Waals surface area contributed by atoms with Gasteiger partial charge in [0.25, 0.3) is 0 Å². The van der Waals surface area contributed by atoms with Gasteiger partial charge in [0.05, 0.1) is 4.90 Å². The molecular weight excluding hydrogens is 284 g/mol. The molecule has 1 aromatic carbocycles. The fraction of sp³-hybridized carbons (Fsp3) is 0.625. The molecule has 0 heterocycles. The zero-order valence-corrected chi connectivity index (χ0v) is 14.1. The van der Waals surface area contributed by atoms with Crippen LogP contribution in [0.4, 0.5) is 5.69 Å². The third-order valence-corrected chi connectivity index (χ3v) is 5.40. The Bertz CT molecular complexity index is 615. The van der Waals surface area contributed by atoms with Crippen LogP contribution in [0.5, 0.6) is 0 Å². The Morgan fingerprint density at radius 2 is 1.67 bits per heavy atom. The number of hydrogen-bond donors (Lipinski definition) is 2. The zero-order valence-electron chi connectivity index (χ0n) is 13.3. The van der Waals surface area contributed by atoms with Gasteiger partial charge < -0.3 is 5.32 Å². The van der Waals surface area contributed by atoms with Crippen LogP contribution >= 0.6 is 0 Å². The largest absolute Gasteiger partial charge is 0.382 e. The van der Waals surface area contributed by atoms with Gasteiger partial charge in [0.1, 0.15) is 0 Å². The Labute approximate surface area is 128 Å². The summed E-state index contributed by atoms with van der Waals surface area (Å²) in [6.45, 7) is 8.49. The lowest BCUT2D eigenvalue weighted by atomic mass is 9.80. The van der Waals surface area contributed by atoms with Crippen molar-refractivity contribution in [1.82, 2.24) is 0 Å². The summed E-state index contributed by atoms with van der Waals surface area (Å²) >= 11 is 0. The lowest BCUT2D eigenvalue weighted by molar-refractivity contribution is 0.281. The van der Waals surface area contributed by atoms with E-state index in [1.165, 1.54) is 6.42 Å². The first kappa shape index (κ1) is 16.3. The molecule has 1 saturated carbocycles. The topological polar surface area (TPSA) is 72.2 Å². The van der Waals surface area contributed by atoms with Gasteiger partial charge in [-0.2, -0.15) is 0 Å². The van der Waals surface area contributed by atoms with Crippen molar-refractivity contribution in [3.63, 3.8) is 0 Å². The molecule has 2 rings (SSSR count). The van der Waals surface area contributed by atoms with Crippen molar-refractivity contribution >= 4 is 15.7 Å². The minimum atomic E-state index is -3.67. The standard InChI is InChI=1S/C16H26N2O2S/c1-10-5-11(2)7-14(6-10)18-16-9-15(21(17,19)20)8-12(3)13(16)4/h8-11,14,18H,5-7H2,1-4H3,(H2,17,19,20). The van der Waals surface area contributed by atoms with Crippen LogP contribution in [0.2, 0.25) is 0 Å². The Morgan fingerprint density at radius 1 is 1.10 bits per heavy atom. The van der Waals surface area contributed by atoms with Crippen LogP contribution in [0.1, 0.15) is 44.2 Å². The third kappa shape index (κ3) is 3.98. The highest BCUT2D eigenvalue weighted by Gasteiger charge is 2.24. The SMILES string of the molecule is Cc1cc(S(N)(=O)=O)cc(NC2CC(C)CC(C)C2)c1C. The Balaban J connectivity index is 2.29. The van der Waals surface area contributed by atoms with Gasteiger partial charge in [0.15, 0.2) is 0 Å².